The molecule has 0 radical (unpaired) electrons. The van der Waals surface area contributed by atoms with Gasteiger partial charge in [0.05, 0.1) is 5.92 Å². The Morgan fingerprint density at radius 2 is 1.88 bits per heavy atom. The van der Waals surface area contributed by atoms with Crippen LogP contribution < -0.4 is 4.74 Å². The van der Waals surface area contributed by atoms with Gasteiger partial charge in [-0.1, -0.05) is 12.1 Å². The summed E-state index contributed by atoms with van der Waals surface area (Å²) in [5.74, 6) is -1.89. The lowest BCUT2D eigenvalue weighted by Crippen LogP contribution is -2.47. The van der Waals surface area contributed by atoms with E-state index >= 15 is 0 Å². The number of amides is 1. The zero-order valence-corrected chi connectivity index (χ0v) is 13.8. The van der Waals surface area contributed by atoms with Crippen LogP contribution in [0.3, 0.4) is 0 Å². The Morgan fingerprint density at radius 1 is 1.24 bits per heavy atom. The number of piperidine rings is 1. The van der Waals surface area contributed by atoms with Crippen molar-refractivity contribution >= 4 is 11.9 Å². The fourth-order valence-corrected chi connectivity index (χ4v) is 2.91. The van der Waals surface area contributed by atoms with Crippen LogP contribution >= 0.6 is 0 Å². The second-order valence-electron chi connectivity index (χ2n) is 6.20. The number of aliphatic carboxylic acids is 1. The highest BCUT2D eigenvalue weighted by molar-refractivity contribution is 5.78. The van der Waals surface area contributed by atoms with Gasteiger partial charge < -0.3 is 14.7 Å². The molecule has 1 N–H and O–H groups in total. The largest absolute Gasteiger partial charge is 0.573 e. The maximum absolute atomic E-state index is 12.4. The molecule has 1 saturated heterocycles. The first-order valence-electron chi connectivity index (χ1n) is 8.02. The zero-order chi connectivity index (χ0) is 18.6. The van der Waals surface area contributed by atoms with E-state index < -0.39 is 18.2 Å². The van der Waals surface area contributed by atoms with Crippen LogP contribution in [0.15, 0.2) is 24.3 Å². The molecule has 25 heavy (non-hydrogen) atoms. The minimum Gasteiger partial charge on any atom is -0.481 e. The highest BCUT2D eigenvalue weighted by Crippen LogP contribution is 2.25. The lowest BCUT2D eigenvalue weighted by Gasteiger charge is -2.36. The smallest absolute Gasteiger partial charge is 0.481 e. The summed E-state index contributed by atoms with van der Waals surface area (Å²) in [5, 5.41) is 9.11. The molecule has 138 valence electrons. The monoisotopic (exact) mass is 359 g/mol. The van der Waals surface area contributed by atoms with Crippen molar-refractivity contribution in [2.75, 3.05) is 6.54 Å². The second-order valence-corrected chi connectivity index (χ2v) is 6.20. The van der Waals surface area contributed by atoms with Crippen molar-refractivity contribution in [3.63, 3.8) is 0 Å². The molecule has 0 saturated carbocycles. The van der Waals surface area contributed by atoms with Crippen LogP contribution in [-0.2, 0) is 16.0 Å². The van der Waals surface area contributed by atoms with E-state index in [1.165, 1.54) is 24.3 Å². The number of likely N-dealkylation sites (tertiary alicyclic amines) is 1. The Bertz CT molecular complexity index is 615. The van der Waals surface area contributed by atoms with E-state index in [0.717, 1.165) is 0 Å². The van der Waals surface area contributed by atoms with E-state index in [-0.39, 0.29) is 30.7 Å². The summed E-state index contributed by atoms with van der Waals surface area (Å²) in [7, 11) is 0. The normalized spacial score (nSPS) is 21.0. The number of ether oxygens (including phenoxy) is 1. The van der Waals surface area contributed by atoms with Crippen molar-refractivity contribution in [1.29, 1.82) is 0 Å². The zero-order valence-electron chi connectivity index (χ0n) is 13.8. The second kappa shape index (κ2) is 7.76. The number of halogens is 3. The third-order valence-electron chi connectivity index (χ3n) is 4.34. The molecule has 1 heterocycles. The van der Waals surface area contributed by atoms with Gasteiger partial charge in [0.2, 0.25) is 5.91 Å². The Balaban J connectivity index is 1.89. The lowest BCUT2D eigenvalue weighted by atomic mass is 9.93. The summed E-state index contributed by atoms with van der Waals surface area (Å²) in [5.41, 5.74) is 0.710. The highest BCUT2D eigenvalue weighted by atomic mass is 19.4. The predicted molar refractivity (Wildman–Crippen MR) is 83.0 cm³/mol. The number of carbonyl (C=O) groups is 2. The molecule has 2 atom stereocenters. The van der Waals surface area contributed by atoms with Gasteiger partial charge in [0.1, 0.15) is 5.75 Å². The van der Waals surface area contributed by atoms with Crippen LogP contribution in [0.1, 0.15) is 31.7 Å². The van der Waals surface area contributed by atoms with Crippen molar-refractivity contribution in [3.05, 3.63) is 29.8 Å². The number of carboxylic acid groups (broad SMARTS) is 1. The molecule has 0 aromatic heterocycles. The Kier molecular flexibility index (Phi) is 5.92. The topological polar surface area (TPSA) is 66.8 Å². The van der Waals surface area contributed by atoms with Crippen LogP contribution in [0.25, 0.3) is 0 Å². The molecule has 5 nitrogen and oxygen atoms in total. The van der Waals surface area contributed by atoms with Crippen molar-refractivity contribution in [3.8, 4) is 5.75 Å². The van der Waals surface area contributed by atoms with Gasteiger partial charge in [0.25, 0.3) is 0 Å². The summed E-state index contributed by atoms with van der Waals surface area (Å²) in [6, 6.07) is 5.36. The van der Waals surface area contributed by atoms with Gasteiger partial charge in [-0.25, -0.2) is 0 Å². The third-order valence-corrected chi connectivity index (χ3v) is 4.34. The number of hydrogen-bond donors (Lipinski definition) is 1. The molecule has 1 aromatic rings. The molecule has 0 aliphatic carbocycles. The molecule has 2 rings (SSSR count). The van der Waals surface area contributed by atoms with E-state index in [2.05, 4.69) is 4.74 Å². The summed E-state index contributed by atoms with van der Waals surface area (Å²) < 4.78 is 40.1. The van der Waals surface area contributed by atoms with Gasteiger partial charge in [-0.2, -0.15) is 0 Å². The molecule has 1 aliphatic rings. The SMILES string of the molecule is CC1CCC(C(=O)O)CN1C(=O)CCc1ccc(OC(F)(F)F)cc1. The number of benzene rings is 1. The van der Waals surface area contributed by atoms with E-state index in [9.17, 15) is 22.8 Å². The molecule has 0 spiro atoms. The van der Waals surface area contributed by atoms with Crippen LogP contribution in [0.2, 0.25) is 0 Å². The van der Waals surface area contributed by atoms with E-state index in [4.69, 9.17) is 5.11 Å². The minimum atomic E-state index is -4.73. The number of carboxylic acids is 1. The average Bonchev–Trinajstić information content (AvgIpc) is 2.52. The first kappa shape index (κ1) is 19.1. The number of carbonyl (C=O) groups excluding carboxylic acids is 1. The van der Waals surface area contributed by atoms with E-state index in [0.29, 0.717) is 24.8 Å². The summed E-state index contributed by atoms with van der Waals surface area (Å²) in [4.78, 5) is 25.1. The molecule has 1 aromatic carbocycles. The standard InChI is InChI=1S/C17H20F3NO4/c1-11-2-6-13(16(23)24)10-21(11)15(22)9-5-12-3-7-14(8-4-12)25-17(18,19)20/h3-4,7-8,11,13H,2,5-6,9-10H2,1H3,(H,23,24). The first-order valence-corrected chi connectivity index (χ1v) is 8.02. The predicted octanol–water partition coefficient (Wildman–Crippen LogP) is 3.23. The Labute approximate surface area is 143 Å². The lowest BCUT2D eigenvalue weighted by molar-refractivity contribution is -0.274. The number of alkyl halides is 3. The molecular formula is C17H20F3NO4. The Morgan fingerprint density at radius 3 is 2.44 bits per heavy atom. The van der Waals surface area contributed by atoms with Gasteiger partial charge in [-0.3, -0.25) is 9.59 Å². The molecule has 1 amide bonds. The van der Waals surface area contributed by atoms with Crippen molar-refractivity contribution in [2.24, 2.45) is 5.92 Å². The third kappa shape index (κ3) is 5.65. The molecule has 8 heteroatoms. The van der Waals surface area contributed by atoms with Crippen molar-refractivity contribution in [2.45, 2.75) is 45.0 Å². The minimum absolute atomic E-state index is 0.00865. The number of aryl methyl sites for hydroxylation is 1. The molecule has 1 aliphatic heterocycles. The average molecular weight is 359 g/mol. The number of nitrogens with zero attached hydrogens (tertiary/aromatic N) is 1. The van der Waals surface area contributed by atoms with Gasteiger partial charge in [-0.15, -0.1) is 13.2 Å². The maximum atomic E-state index is 12.4. The van der Waals surface area contributed by atoms with Crippen LogP contribution in [0.4, 0.5) is 13.2 Å². The van der Waals surface area contributed by atoms with Gasteiger partial charge in [0.15, 0.2) is 0 Å². The summed E-state index contributed by atoms with van der Waals surface area (Å²) in [6.07, 6.45) is -2.99. The van der Waals surface area contributed by atoms with Gasteiger partial charge in [0, 0.05) is 19.0 Å². The fraction of sp³-hybridized carbons (Fsp3) is 0.529. The van der Waals surface area contributed by atoms with Crippen LogP contribution in [-0.4, -0.2) is 40.8 Å². The number of rotatable bonds is 5. The molecule has 2 unspecified atom stereocenters. The van der Waals surface area contributed by atoms with Crippen LogP contribution in [0.5, 0.6) is 5.75 Å². The van der Waals surface area contributed by atoms with Crippen molar-refractivity contribution in [1.82, 2.24) is 4.90 Å². The molecule has 0 bridgehead atoms. The van der Waals surface area contributed by atoms with Crippen LogP contribution in [0, 0.1) is 5.92 Å². The Hall–Kier alpha value is -2.25. The number of hydrogen-bond acceptors (Lipinski definition) is 3. The fourth-order valence-electron chi connectivity index (χ4n) is 2.91. The maximum Gasteiger partial charge on any atom is 0.573 e. The molecule has 1 fully saturated rings. The van der Waals surface area contributed by atoms with Gasteiger partial charge in [-0.05, 0) is 43.9 Å². The highest BCUT2D eigenvalue weighted by Gasteiger charge is 2.32. The van der Waals surface area contributed by atoms with E-state index in [1.807, 2.05) is 6.92 Å². The first-order chi connectivity index (χ1) is 11.7. The van der Waals surface area contributed by atoms with Gasteiger partial charge >= 0.3 is 12.3 Å². The summed E-state index contributed by atoms with van der Waals surface area (Å²) in [6.45, 7) is 2.09. The van der Waals surface area contributed by atoms with Crippen molar-refractivity contribution < 1.29 is 32.6 Å². The molecular weight excluding hydrogens is 339 g/mol. The van der Waals surface area contributed by atoms with E-state index in [1.54, 1.807) is 4.90 Å². The quantitative estimate of drug-likeness (QED) is 0.877. The summed E-state index contributed by atoms with van der Waals surface area (Å²) >= 11 is 0.